The summed E-state index contributed by atoms with van der Waals surface area (Å²) in [5, 5.41) is 0. The summed E-state index contributed by atoms with van der Waals surface area (Å²) in [6.45, 7) is 3.02. The van der Waals surface area contributed by atoms with Crippen molar-refractivity contribution in [3.8, 4) is 0 Å². The van der Waals surface area contributed by atoms with E-state index in [1.54, 1.807) is 13.8 Å². The molecule has 1 aliphatic heterocycles. The van der Waals surface area contributed by atoms with Crippen LogP contribution in [0.25, 0.3) is 0 Å². The van der Waals surface area contributed by atoms with Crippen LogP contribution in [0.1, 0.15) is 20.3 Å². The minimum atomic E-state index is -4.78. The molecule has 0 fully saturated rings. The maximum atomic E-state index is 12.9. The molecule has 0 bridgehead atoms. The zero-order chi connectivity index (χ0) is 12.6. The Kier molecular flexibility index (Phi) is 3.33. The van der Waals surface area contributed by atoms with Gasteiger partial charge in [-0.1, -0.05) is 5.57 Å². The van der Waals surface area contributed by atoms with Gasteiger partial charge >= 0.3 is 12.1 Å². The summed E-state index contributed by atoms with van der Waals surface area (Å²) in [4.78, 5) is 11.3. The Morgan fingerprint density at radius 2 is 1.94 bits per heavy atom. The molecule has 0 N–H and O–H groups in total. The summed E-state index contributed by atoms with van der Waals surface area (Å²) in [5.74, 6) is -1.40. The Hall–Kier alpha value is -1.04. The van der Waals surface area contributed by atoms with Crippen LogP contribution in [-0.4, -0.2) is 31.5 Å². The van der Waals surface area contributed by atoms with Gasteiger partial charge in [-0.15, -0.1) is 0 Å². The first-order chi connectivity index (χ1) is 7.24. The second-order valence-corrected chi connectivity index (χ2v) is 3.84. The Bertz CT molecular complexity index is 333. The van der Waals surface area contributed by atoms with E-state index in [0.717, 1.165) is 7.11 Å². The van der Waals surface area contributed by atoms with Crippen molar-refractivity contribution in [3.05, 3.63) is 11.1 Å². The molecule has 0 saturated carbocycles. The van der Waals surface area contributed by atoms with E-state index in [0.29, 0.717) is 11.1 Å². The van der Waals surface area contributed by atoms with Gasteiger partial charge in [-0.3, -0.25) is 0 Å². The Balaban J connectivity index is 3.15. The average molecular weight is 238 g/mol. The highest BCUT2D eigenvalue weighted by molar-refractivity contribution is 5.81. The number of carbonyl (C=O) groups is 1. The molecule has 16 heavy (non-hydrogen) atoms. The standard InChI is InChI=1S/C10H13F3O3/c1-6-4-9(8(14)15-3,10(11,12)13)16-5-7(6)2/h4-5H2,1-3H3/t9-/m1/s1. The molecule has 3 nitrogen and oxygen atoms in total. The van der Waals surface area contributed by atoms with Gasteiger partial charge in [-0.05, 0) is 19.4 Å². The minimum Gasteiger partial charge on any atom is -0.467 e. The summed E-state index contributed by atoms with van der Waals surface area (Å²) in [6, 6.07) is 0. The van der Waals surface area contributed by atoms with E-state index in [4.69, 9.17) is 4.74 Å². The molecule has 0 aliphatic carbocycles. The topological polar surface area (TPSA) is 35.5 Å². The smallest absolute Gasteiger partial charge is 0.428 e. The quantitative estimate of drug-likeness (QED) is 0.519. The molecule has 0 aromatic carbocycles. The summed E-state index contributed by atoms with van der Waals surface area (Å²) in [6.07, 6.45) is -5.28. The van der Waals surface area contributed by atoms with E-state index in [2.05, 4.69) is 4.74 Å². The predicted molar refractivity (Wildman–Crippen MR) is 49.7 cm³/mol. The highest BCUT2D eigenvalue weighted by Crippen LogP contribution is 2.42. The first-order valence-corrected chi connectivity index (χ1v) is 4.69. The van der Waals surface area contributed by atoms with Gasteiger partial charge in [-0.2, -0.15) is 13.2 Å². The normalized spacial score (nSPS) is 26.9. The third-order valence-corrected chi connectivity index (χ3v) is 2.75. The fourth-order valence-electron chi connectivity index (χ4n) is 1.52. The molecule has 0 aromatic rings. The van der Waals surface area contributed by atoms with E-state index < -0.39 is 24.2 Å². The molecule has 92 valence electrons. The third-order valence-electron chi connectivity index (χ3n) is 2.75. The number of rotatable bonds is 1. The summed E-state index contributed by atoms with van der Waals surface area (Å²) in [5.41, 5.74) is -1.62. The van der Waals surface area contributed by atoms with Gasteiger partial charge in [0.25, 0.3) is 5.60 Å². The van der Waals surface area contributed by atoms with Gasteiger partial charge in [0, 0.05) is 6.42 Å². The molecular formula is C10H13F3O3. The molecule has 6 heteroatoms. The highest BCUT2D eigenvalue weighted by Gasteiger charge is 2.63. The lowest BCUT2D eigenvalue weighted by Gasteiger charge is -2.36. The zero-order valence-corrected chi connectivity index (χ0v) is 9.27. The fourth-order valence-corrected chi connectivity index (χ4v) is 1.52. The average Bonchev–Trinajstić information content (AvgIpc) is 2.19. The van der Waals surface area contributed by atoms with Crippen LogP contribution in [-0.2, 0) is 14.3 Å². The number of alkyl halides is 3. The molecule has 0 radical (unpaired) electrons. The van der Waals surface area contributed by atoms with Crippen molar-refractivity contribution in [2.24, 2.45) is 0 Å². The molecule has 1 rings (SSSR count). The lowest BCUT2D eigenvalue weighted by atomic mass is 9.89. The molecule has 0 saturated heterocycles. The van der Waals surface area contributed by atoms with E-state index in [1.807, 2.05) is 0 Å². The molecule has 1 heterocycles. The fraction of sp³-hybridized carbons (Fsp3) is 0.700. The zero-order valence-electron chi connectivity index (χ0n) is 9.27. The number of hydrogen-bond donors (Lipinski definition) is 0. The van der Waals surface area contributed by atoms with Gasteiger partial charge in [0.05, 0.1) is 13.7 Å². The second-order valence-electron chi connectivity index (χ2n) is 3.84. The van der Waals surface area contributed by atoms with Crippen molar-refractivity contribution >= 4 is 5.97 Å². The lowest BCUT2D eigenvalue weighted by molar-refractivity contribution is -0.276. The number of methoxy groups -OCH3 is 1. The van der Waals surface area contributed by atoms with Crippen LogP contribution in [0.5, 0.6) is 0 Å². The van der Waals surface area contributed by atoms with Crippen LogP contribution in [0.2, 0.25) is 0 Å². The largest absolute Gasteiger partial charge is 0.467 e. The highest BCUT2D eigenvalue weighted by atomic mass is 19.4. The summed E-state index contributed by atoms with van der Waals surface area (Å²) in [7, 11) is 0.916. The molecule has 0 amide bonds. The Morgan fingerprint density at radius 1 is 1.38 bits per heavy atom. The van der Waals surface area contributed by atoms with Crippen molar-refractivity contribution in [3.63, 3.8) is 0 Å². The van der Waals surface area contributed by atoms with E-state index in [-0.39, 0.29) is 6.61 Å². The second kappa shape index (κ2) is 4.08. The SMILES string of the molecule is COC(=O)[C@@]1(C(F)(F)F)CC(C)=C(C)CO1. The molecule has 0 spiro atoms. The van der Waals surface area contributed by atoms with Gasteiger partial charge < -0.3 is 9.47 Å². The molecule has 0 aromatic heterocycles. The van der Waals surface area contributed by atoms with Crippen LogP contribution in [0, 0.1) is 0 Å². The summed E-state index contributed by atoms with van der Waals surface area (Å²) >= 11 is 0. The van der Waals surface area contributed by atoms with Gasteiger partial charge in [0.2, 0.25) is 0 Å². The van der Waals surface area contributed by atoms with E-state index in [1.165, 1.54) is 0 Å². The number of hydrogen-bond acceptors (Lipinski definition) is 3. The molecule has 1 aliphatic rings. The van der Waals surface area contributed by atoms with Gasteiger partial charge in [0.15, 0.2) is 0 Å². The van der Waals surface area contributed by atoms with Gasteiger partial charge in [0.1, 0.15) is 0 Å². The third kappa shape index (κ3) is 1.93. The monoisotopic (exact) mass is 238 g/mol. The minimum absolute atomic E-state index is 0.208. The maximum absolute atomic E-state index is 12.9. The maximum Gasteiger partial charge on any atom is 0.428 e. The Morgan fingerprint density at radius 3 is 2.31 bits per heavy atom. The molecule has 1 atom stereocenters. The van der Waals surface area contributed by atoms with Crippen molar-refractivity contribution in [2.45, 2.75) is 32.0 Å². The van der Waals surface area contributed by atoms with Crippen LogP contribution in [0.4, 0.5) is 13.2 Å². The van der Waals surface area contributed by atoms with Crippen molar-refractivity contribution < 1.29 is 27.4 Å². The lowest BCUT2D eigenvalue weighted by Crippen LogP contribution is -2.56. The van der Waals surface area contributed by atoms with Crippen LogP contribution < -0.4 is 0 Å². The first kappa shape index (κ1) is 13.0. The Labute approximate surface area is 91.2 Å². The number of carbonyl (C=O) groups excluding carboxylic acids is 1. The van der Waals surface area contributed by atoms with Crippen molar-refractivity contribution in [1.82, 2.24) is 0 Å². The molecular weight excluding hydrogens is 225 g/mol. The van der Waals surface area contributed by atoms with Crippen LogP contribution in [0.3, 0.4) is 0 Å². The number of esters is 1. The van der Waals surface area contributed by atoms with Crippen LogP contribution >= 0.6 is 0 Å². The number of halogens is 3. The predicted octanol–water partition coefficient (Wildman–Crippen LogP) is 2.22. The molecule has 0 unspecified atom stereocenters. The van der Waals surface area contributed by atoms with E-state index >= 15 is 0 Å². The van der Waals surface area contributed by atoms with E-state index in [9.17, 15) is 18.0 Å². The van der Waals surface area contributed by atoms with Crippen molar-refractivity contribution in [1.29, 1.82) is 0 Å². The van der Waals surface area contributed by atoms with Gasteiger partial charge in [-0.25, -0.2) is 4.79 Å². The van der Waals surface area contributed by atoms with Crippen LogP contribution in [0.15, 0.2) is 11.1 Å². The number of ether oxygens (including phenoxy) is 2. The first-order valence-electron chi connectivity index (χ1n) is 4.69. The van der Waals surface area contributed by atoms with Crippen molar-refractivity contribution in [2.75, 3.05) is 13.7 Å². The summed E-state index contributed by atoms with van der Waals surface area (Å²) < 4.78 is 47.6.